The third-order valence-corrected chi connectivity index (χ3v) is 6.02. The SMILES string of the molecule is O=C(O)[C@@H](c1cccc2ccccc12)N1CCC(CN2CCCC2=O)CC1. The number of rotatable bonds is 5. The van der Waals surface area contributed by atoms with E-state index in [1.165, 1.54) is 0 Å². The summed E-state index contributed by atoms with van der Waals surface area (Å²) in [5.41, 5.74) is 0.869. The Morgan fingerprint density at radius 2 is 1.81 bits per heavy atom. The molecule has 2 aliphatic rings. The summed E-state index contributed by atoms with van der Waals surface area (Å²) >= 11 is 0. The summed E-state index contributed by atoms with van der Waals surface area (Å²) in [6, 6.07) is 13.3. The van der Waals surface area contributed by atoms with Crippen LogP contribution in [0.5, 0.6) is 0 Å². The number of aliphatic carboxylic acids is 1. The van der Waals surface area contributed by atoms with Crippen molar-refractivity contribution in [2.45, 2.75) is 31.7 Å². The fourth-order valence-electron chi connectivity index (χ4n) is 4.58. The Kier molecular flexibility index (Phi) is 5.12. The lowest BCUT2D eigenvalue weighted by Crippen LogP contribution is -2.43. The molecule has 1 atom stereocenters. The second-order valence-electron chi connectivity index (χ2n) is 7.73. The van der Waals surface area contributed by atoms with Crippen molar-refractivity contribution in [3.8, 4) is 0 Å². The third kappa shape index (κ3) is 3.69. The monoisotopic (exact) mass is 366 g/mol. The zero-order valence-electron chi connectivity index (χ0n) is 15.5. The number of piperidine rings is 1. The van der Waals surface area contributed by atoms with E-state index in [2.05, 4.69) is 4.90 Å². The third-order valence-electron chi connectivity index (χ3n) is 6.02. The van der Waals surface area contributed by atoms with E-state index >= 15 is 0 Å². The van der Waals surface area contributed by atoms with Gasteiger partial charge in [0.25, 0.3) is 0 Å². The molecule has 4 rings (SSSR count). The molecular weight excluding hydrogens is 340 g/mol. The average Bonchev–Trinajstić information content (AvgIpc) is 3.08. The molecule has 2 aliphatic heterocycles. The van der Waals surface area contributed by atoms with Gasteiger partial charge < -0.3 is 10.0 Å². The fraction of sp³-hybridized carbons (Fsp3) is 0.455. The smallest absolute Gasteiger partial charge is 0.325 e. The molecule has 0 bridgehead atoms. The molecule has 27 heavy (non-hydrogen) atoms. The number of fused-ring (bicyclic) bond motifs is 1. The summed E-state index contributed by atoms with van der Waals surface area (Å²) in [4.78, 5) is 28.1. The van der Waals surface area contributed by atoms with E-state index in [1.807, 2.05) is 47.4 Å². The lowest BCUT2D eigenvalue weighted by molar-refractivity contribution is -0.144. The number of carboxylic acid groups (broad SMARTS) is 1. The Labute approximate surface area is 159 Å². The lowest BCUT2D eigenvalue weighted by Gasteiger charge is -2.37. The van der Waals surface area contributed by atoms with Crippen LogP contribution >= 0.6 is 0 Å². The number of carbonyl (C=O) groups is 2. The van der Waals surface area contributed by atoms with Crippen LogP contribution in [0, 0.1) is 5.92 Å². The molecule has 1 N–H and O–H groups in total. The predicted octanol–water partition coefficient (Wildman–Crippen LogP) is 3.30. The summed E-state index contributed by atoms with van der Waals surface area (Å²) in [5.74, 6) is -0.0404. The molecule has 5 nitrogen and oxygen atoms in total. The zero-order valence-corrected chi connectivity index (χ0v) is 15.5. The van der Waals surface area contributed by atoms with Crippen LogP contribution in [-0.4, -0.2) is 53.0 Å². The molecule has 0 spiro atoms. The van der Waals surface area contributed by atoms with Gasteiger partial charge in [0.15, 0.2) is 0 Å². The first-order chi connectivity index (χ1) is 13.1. The topological polar surface area (TPSA) is 60.9 Å². The fourth-order valence-corrected chi connectivity index (χ4v) is 4.58. The van der Waals surface area contributed by atoms with Crippen LogP contribution in [0.1, 0.15) is 37.3 Å². The van der Waals surface area contributed by atoms with Gasteiger partial charge in [-0.3, -0.25) is 14.5 Å². The zero-order chi connectivity index (χ0) is 18.8. The molecule has 0 unspecified atom stereocenters. The highest BCUT2D eigenvalue weighted by Gasteiger charge is 2.33. The summed E-state index contributed by atoms with van der Waals surface area (Å²) < 4.78 is 0. The Hall–Kier alpha value is -2.40. The maximum Gasteiger partial charge on any atom is 0.325 e. The maximum absolute atomic E-state index is 12.2. The van der Waals surface area contributed by atoms with Gasteiger partial charge in [-0.1, -0.05) is 42.5 Å². The highest BCUT2D eigenvalue weighted by atomic mass is 16.4. The van der Waals surface area contributed by atoms with Gasteiger partial charge in [-0.15, -0.1) is 0 Å². The highest BCUT2D eigenvalue weighted by molar-refractivity contribution is 5.90. The van der Waals surface area contributed by atoms with Gasteiger partial charge in [0.1, 0.15) is 6.04 Å². The number of hydrogen-bond acceptors (Lipinski definition) is 3. The van der Waals surface area contributed by atoms with Crippen molar-refractivity contribution in [2.24, 2.45) is 5.92 Å². The number of likely N-dealkylation sites (tertiary alicyclic amines) is 2. The minimum Gasteiger partial charge on any atom is -0.480 e. The Morgan fingerprint density at radius 1 is 1.07 bits per heavy atom. The minimum absolute atomic E-state index is 0.275. The largest absolute Gasteiger partial charge is 0.480 e. The Balaban J connectivity index is 1.49. The van der Waals surface area contributed by atoms with Crippen molar-refractivity contribution in [3.63, 3.8) is 0 Å². The van der Waals surface area contributed by atoms with E-state index < -0.39 is 12.0 Å². The van der Waals surface area contributed by atoms with Crippen LogP contribution in [0.25, 0.3) is 10.8 Å². The van der Waals surface area contributed by atoms with Gasteiger partial charge in [-0.05, 0) is 54.6 Å². The second kappa shape index (κ2) is 7.69. The van der Waals surface area contributed by atoms with Crippen molar-refractivity contribution in [3.05, 3.63) is 48.0 Å². The van der Waals surface area contributed by atoms with Gasteiger partial charge in [-0.2, -0.15) is 0 Å². The quantitative estimate of drug-likeness (QED) is 0.882. The summed E-state index contributed by atoms with van der Waals surface area (Å²) in [6.07, 6.45) is 3.54. The molecule has 2 heterocycles. The first-order valence-corrected chi connectivity index (χ1v) is 9.86. The molecular formula is C22H26N2O3. The van der Waals surface area contributed by atoms with Crippen LogP contribution in [0.3, 0.4) is 0 Å². The molecule has 0 saturated carbocycles. The van der Waals surface area contributed by atoms with Gasteiger partial charge in [0.2, 0.25) is 5.91 Å². The van der Waals surface area contributed by atoms with Crippen LogP contribution < -0.4 is 0 Å². The van der Waals surface area contributed by atoms with Crippen molar-refractivity contribution < 1.29 is 14.7 Å². The predicted molar refractivity (Wildman–Crippen MR) is 104 cm³/mol. The second-order valence-corrected chi connectivity index (χ2v) is 7.73. The molecule has 2 aromatic carbocycles. The number of nitrogens with zero attached hydrogens (tertiary/aromatic N) is 2. The molecule has 2 saturated heterocycles. The van der Waals surface area contributed by atoms with Crippen LogP contribution in [0.4, 0.5) is 0 Å². The van der Waals surface area contributed by atoms with Gasteiger partial charge in [0.05, 0.1) is 0 Å². The average molecular weight is 366 g/mol. The standard InChI is InChI=1S/C22H26N2O3/c25-20-9-4-12-24(20)15-16-10-13-23(14-11-16)21(22(26)27)19-8-3-6-17-5-1-2-7-18(17)19/h1-3,5-8,16,21H,4,9-15H2,(H,26,27)/t21-/m1/s1. The van der Waals surface area contributed by atoms with E-state index in [0.29, 0.717) is 12.3 Å². The van der Waals surface area contributed by atoms with Crippen molar-refractivity contribution in [2.75, 3.05) is 26.2 Å². The van der Waals surface area contributed by atoms with Crippen LogP contribution in [-0.2, 0) is 9.59 Å². The Bertz CT molecular complexity index is 837. The molecule has 0 aliphatic carbocycles. The van der Waals surface area contributed by atoms with Crippen LogP contribution in [0.2, 0.25) is 0 Å². The summed E-state index contributed by atoms with van der Waals surface area (Å²) in [6.45, 7) is 3.23. The van der Waals surface area contributed by atoms with E-state index in [1.54, 1.807) is 0 Å². The molecule has 142 valence electrons. The van der Waals surface area contributed by atoms with E-state index in [4.69, 9.17) is 0 Å². The van der Waals surface area contributed by atoms with Crippen LogP contribution in [0.15, 0.2) is 42.5 Å². The molecule has 0 radical (unpaired) electrons. The Morgan fingerprint density at radius 3 is 2.52 bits per heavy atom. The van der Waals surface area contributed by atoms with Crippen molar-refractivity contribution >= 4 is 22.6 Å². The maximum atomic E-state index is 12.2. The van der Waals surface area contributed by atoms with Gasteiger partial charge in [0, 0.05) is 19.5 Å². The minimum atomic E-state index is -0.792. The van der Waals surface area contributed by atoms with E-state index in [9.17, 15) is 14.7 Å². The van der Waals surface area contributed by atoms with Gasteiger partial charge >= 0.3 is 5.97 Å². The molecule has 2 aromatic rings. The normalized spacial score (nSPS) is 20.3. The summed E-state index contributed by atoms with van der Waals surface area (Å²) in [7, 11) is 0. The molecule has 1 amide bonds. The van der Waals surface area contributed by atoms with Crippen molar-refractivity contribution in [1.29, 1.82) is 0 Å². The number of carbonyl (C=O) groups excluding carboxylic acids is 1. The van der Waals surface area contributed by atoms with E-state index in [-0.39, 0.29) is 5.91 Å². The number of hydrogen-bond donors (Lipinski definition) is 1. The number of benzene rings is 2. The summed E-state index contributed by atoms with van der Waals surface area (Å²) in [5, 5.41) is 12.1. The highest BCUT2D eigenvalue weighted by Crippen LogP contribution is 2.32. The van der Waals surface area contributed by atoms with Gasteiger partial charge in [-0.25, -0.2) is 0 Å². The number of carboxylic acids is 1. The van der Waals surface area contributed by atoms with E-state index in [0.717, 1.165) is 61.8 Å². The molecule has 5 heteroatoms. The molecule has 2 fully saturated rings. The van der Waals surface area contributed by atoms with Crippen molar-refractivity contribution in [1.82, 2.24) is 9.80 Å². The first-order valence-electron chi connectivity index (χ1n) is 9.86. The lowest BCUT2D eigenvalue weighted by atomic mass is 9.92. The molecule has 0 aromatic heterocycles. The first kappa shape index (κ1) is 18.0. The number of amides is 1.